The van der Waals surface area contributed by atoms with Crippen molar-refractivity contribution in [2.24, 2.45) is 5.92 Å². The van der Waals surface area contributed by atoms with Gasteiger partial charge in [0.05, 0.1) is 17.4 Å². The molecule has 0 unspecified atom stereocenters. The molecule has 21 heavy (non-hydrogen) atoms. The van der Waals surface area contributed by atoms with Gasteiger partial charge in [-0.2, -0.15) is 5.26 Å². The first-order valence-electron chi connectivity index (χ1n) is 7.67. The summed E-state index contributed by atoms with van der Waals surface area (Å²) in [5, 5.41) is 12.3. The van der Waals surface area contributed by atoms with Gasteiger partial charge < -0.3 is 10.2 Å². The first-order chi connectivity index (χ1) is 10.3. The number of hydrogen-bond acceptors (Lipinski definition) is 4. The number of nitrogens with one attached hydrogen (secondary N) is 1. The summed E-state index contributed by atoms with van der Waals surface area (Å²) < 4.78 is 0. The summed E-state index contributed by atoms with van der Waals surface area (Å²) in [6, 6.07) is 4.24. The molecule has 0 radical (unpaired) electrons. The van der Waals surface area contributed by atoms with Gasteiger partial charge in [-0.3, -0.25) is 9.78 Å². The number of piperidine rings is 1. The summed E-state index contributed by atoms with van der Waals surface area (Å²) in [6.45, 7) is 1.71. The van der Waals surface area contributed by atoms with Crippen molar-refractivity contribution in [1.29, 1.82) is 5.26 Å². The van der Waals surface area contributed by atoms with E-state index in [0.29, 0.717) is 5.56 Å². The van der Waals surface area contributed by atoms with E-state index in [-0.39, 0.29) is 17.9 Å². The van der Waals surface area contributed by atoms with Crippen molar-refractivity contribution >= 4 is 11.6 Å². The summed E-state index contributed by atoms with van der Waals surface area (Å²) in [6.07, 6.45) is 8.54. The number of carbonyl (C=O) groups excluding carboxylic acids is 1. The third kappa shape index (κ3) is 2.99. The lowest BCUT2D eigenvalue weighted by molar-refractivity contribution is -0.128. The third-order valence-electron chi connectivity index (χ3n) is 4.58. The second-order valence-corrected chi connectivity index (χ2v) is 5.90. The number of amides is 1. The van der Waals surface area contributed by atoms with E-state index in [0.717, 1.165) is 44.5 Å². The van der Waals surface area contributed by atoms with Crippen LogP contribution in [-0.4, -0.2) is 30.0 Å². The van der Waals surface area contributed by atoms with Crippen molar-refractivity contribution in [2.75, 3.05) is 18.0 Å². The molecule has 5 nitrogen and oxygen atoms in total. The van der Waals surface area contributed by atoms with Gasteiger partial charge in [-0.05, 0) is 31.7 Å². The van der Waals surface area contributed by atoms with Crippen molar-refractivity contribution in [3.05, 3.63) is 24.0 Å². The average molecular weight is 284 g/mol. The molecule has 0 atom stereocenters. The second kappa shape index (κ2) is 6.13. The van der Waals surface area contributed by atoms with E-state index in [1.807, 2.05) is 0 Å². The average Bonchev–Trinajstić information content (AvgIpc) is 2.46. The van der Waals surface area contributed by atoms with Crippen molar-refractivity contribution in [3.63, 3.8) is 0 Å². The Morgan fingerprint density at radius 1 is 1.33 bits per heavy atom. The standard InChI is InChI=1S/C16H20N4O/c17-10-13-4-7-18-11-15(13)20-8-5-14(6-9-20)19-16(21)12-2-1-3-12/h4,7,11-12,14H,1-3,5-6,8-9H2,(H,19,21). The highest BCUT2D eigenvalue weighted by atomic mass is 16.2. The smallest absolute Gasteiger partial charge is 0.223 e. The minimum atomic E-state index is 0.235. The molecule has 1 aliphatic heterocycles. The number of nitriles is 1. The molecule has 2 aliphatic rings. The Kier molecular flexibility index (Phi) is 4.05. The van der Waals surface area contributed by atoms with E-state index in [9.17, 15) is 4.79 Å². The lowest BCUT2D eigenvalue weighted by atomic mass is 9.84. The molecule has 1 aromatic heterocycles. The predicted molar refractivity (Wildman–Crippen MR) is 79.7 cm³/mol. The third-order valence-corrected chi connectivity index (χ3v) is 4.58. The molecule has 5 heteroatoms. The number of pyridine rings is 1. The highest BCUT2D eigenvalue weighted by Gasteiger charge is 2.28. The van der Waals surface area contributed by atoms with E-state index in [1.165, 1.54) is 6.42 Å². The first-order valence-corrected chi connectivity index (χ1v) is 7.67. The molecule has 1 N–H and O–H groups in total. The van der Waals surface area contributed by atoms with Crippen LogP contribution >= 0.6 is 0 Å². The maximum atomic E-state index is 12.0. The Morgan fingerprint density at radius 3 is 2.71 bits per heavy atom. The van der Waals surface area contributed by atoms with Gasteiger partial charge in [0.1, 0.15) is 6.07 Å². The van der Waals surface area contributed by atoms with E-state index in [4.69, 9.17) is 5.26 Å². The van der Waals surface area contributed by atoms with Crippen molar-refractivity contribution in [3.8, 4) is 6.07 Å². The molecule has 2 fully saturated rings. The number of anilines is 1. The maximum absolute atomic E-state index is 12.0. The van der Waals surface area contributed by atoms with Crippen LogP contribution in [0.15, 0.2) is 18.5 Å². The van der Waals surface area contributed by atoms with Gasteiger partial charge in [0.2, 0.25) is 5.91 Å². The number of nitrogens with zero attached hydrogens (tertiary/aromatic N) is 3. The Hall–Kier alpha value is -2.09. The summed E-state index contributed by atoms with van der Waals surface area (Å²) in [4.78, 5) is 18.3. The maximum Gasteiger partial charge on any atom is 0.223 e. The van der Waals surface area contributed by atoms with Crippen LogP contribution in [0, 0.1) is 17.2 Å². The number of carbonyl (C=O) groups is 1. The van der Waals surface area contributed by atoms with Crippen molar-refractivity contribution in [1.82, 2.24) is 10.3 Å². The SMILES string of the molecule is N#Cc1ccncc1N1CCC(NC(=O)C2CCC2)CC1. The van der Waals surface area contributed by atoms with Crippen molar-refractivity contribution < 1.29 is 4.79 Å². The normalized spacial score (nSPS) is 19.7. The molecule has 3 rings (SSSR count). The van der Waals surface area contributed by atoms with Gasteiger partial charge in [-0.15, -0.1) is 0 Å². The Bertz CT molecular complexity index is 554. The molecule has 2 heterocycles. The molecule has 1 aromatic rings. The topological polar surface area (TPSA) is 69.0 Å². The molecular weight excluding hydrogens is 264 g/mol. The van der Waals surface area contributed by atoms with E-state index in [2.05, 4.69) is 21.3 Å². The fourth-order valence-electron chi connectivity index (χ4n) is 2.99. The zero-order chi connectivity index (χ0) is 14.7. The van der Waals surface area contributed by atoms with Crippen LogP contribution in [0.25, 0.3) is 0 Å². The molecule has 0 spiro atoms. The predicted octanol–water partition coefficient (Wildman–Crippen LogP) is 1.84. The van der Waals surface area contributed by atoms with Gasteiger partial charge in [0, 0.05) is 31.2 Å². The Morgan fingerprint density at radius 2 is 2.10 bits per heavy atom. The summed E-state index contributed by atoms with van der Waals surface area (Å²) in [7, 11) is 0. The highest BCUT2D eigenvalue weighted by molar-refractivity contribution is 5.79. The minimum Gasteiger partial charge on any atom is -0.369 e. The Labute approximate surface area is 125 Å². The first kappa shape index (κ1) is 13.9. The molecule has 0 aromatic carbocycles. The Balaban J connectivity index is 1.55. The fourth-order valence-corrected chi connectivity index (χ4v) is 2.99. The zero-order valence-corrected chi connectivity index (χ0v) is 12.1. The van der Waals surface area contributed by atoms with Crippen LogP contribution in [-0.2, 0) is 4.79 Å². The van der Waals surface area contributed by atoms with Crippen LogP contribution in [0.2, 0.25) is 0 Å². The molecule has 0 bridgehead atoms. The fraction of sp³-hybridized carbons (Fsp3) is 0.562. The molecule has 1 amide bonds. The lowest BCUT2D eigenvalue weighted by Crippen LogP contribution is -2.47. The largest absolute Gasteiger partial charge is 0.369 e. The molecule has 1 saturated carbocycles. The van der Waals surface area contributed by atoms with Gasteiger partial charge >= 0.3 is 0 Å². The van der Waals surface area contributed by atoms with Crippen LogP contribution in [0.1, 0.15) is 37.7 Å². The van der Waals surface area contributed by atoms with E-state index in [1.54, 1.807) is 18.5 Å². The van der Waals surface area contributed by atoms with Crippen LogP contribution < -0.4 is 10.2 Å². The van der Waals surface area contributed by atoms with Gasteiger partial charge in [-0.1, -0.05) is 6.42 Å². The lowest BCUT2D eigenvalue weighted by Gasteiger charge is -2.35. The summed E-state index contributed by atoms with van der Waals surface area (Å²) in [5.41, 5.74) is 1.57. The summed E-state index contributed by atoms with van der Waals surface area (Å²) in [5.74, 6) is 0.491. The zero-order valence-electron chi connectivity index (χ0n) is 12.1. The second-order valence-electron chi connectivity index (χ2n) is 5.90. The quantitative estimate of drug-likeness (QED) is 0.919. The van der Waals surface area contributed by atoms with Crippen LogP contribution in [0.5, 0.6) is 0 Å². The van der Waals surface area contributed by atoms with Gasteiger partial charge in [0.15, 0.2) is 0 Å². The van der Waals surface area contributed by atoms with Crippen LogP contribution in [0.4, 0.5) is 5.69 Å². The van der Waals surface area contributed by atoms with E-state index >= 15 is 0 Å². The number of aromatic nitrogens is 1. The summed E-state index contributed by atoms with van der Waals surface area (Å²) >= 11 is 0. The monoisotopic (exact) mass is 284 g/mol. The number of hydrogen-bond donors (Lipinski definition) is 1. The molecule has 1 saturated heterocycles. The molecule has 110 valence electrons. The van der Waals surface area contributed by atoms with Crippen molar-refractivity contribution in [2.45, 2.75) is 38.1 Å². The molecular formula is C16H20N4O. The number of rotatable bonds is 3. The van der Waals surface area contributed by atoms with Crippen LogP contribution in [0.3, 0.4) is 0 Å². The van der Waals surface area contributed by atoms with Gasteiger partial charge in [-0.25, -0.2) is 0 Å². The van der Waals surface area contributed by atoms with E-state index < -0.39 is 0 Å². The highest BCUT2D eigenvalue weighted by Crippen LogP contribution is 2.27. The minimum absolute atomic E-state index is 0.235. The van der Waals surface area contributed by atoms with Gasteiger partial charge in [0.25, 0.3) is 0 Å². The molecule has 1 aliphatic carbocycles.